The monoisotopic (exact) mass is 272 g/mol. The molecule has 0 aliphatic carbocycles. The molecule has 1 aliphatic heterocycles. The molecule has 0 saturated carbocycles. The van der Waals surface area contributed by atoms with E-state index in [9.17, 15) is 4.79 Å². The number of rotatable bonds is 5. The normalized spacial score (nSPS) is 18.9. The average Bonchev–Trinajstić information content (AvgIpc) is 2.94. The maximum absolute atomic E-state index is 11.0. The molecule has 20 heavy (non-hydrogen) atoms. The van der Waals surface area contributed by atoms with Gasteiger partial charge in [-0.1, -0.05) is 37.8 Å². The molecule has 0 bridgehead atoms. The number of aromatic nitrogens is 2. The Balaban J connectivity index is 2.22. The number of aromatic amines is 1. The first kappa shape index (κ1) is 14.0. The van der Waals surface area contributed by atoms with Crippen molar-refractivity contribution >= 4 is 5.84 Å². The summed E-state index contributed by atoms with van der Waals surface area (Å²) < 4.78 is 0. The van der Waals surface area contributed by atoms with Gasteiger partial charge in [0.25, 0.3) is 5.56 Å². The molecule has 0 fully saturated rings. The van der Waals surface area contributed by atoms with Crippen molar-refractivity contribution in [3.8, 4) is 0 Å². The van der Waals surface area contributed by atoms with Gasteiger partial charge in [-0.3, -0.25) is 4.79 Å². The van der Waals surface area contributed by atoms with Crippen molar-refractivity contribution in [2.45, 2.75) is 19.6 Å². The molecular formula is C14H16N4O2. The summed E-state index contributed by atoms with van der Waals surface area (Å²) in [6.45, 7) is 5.73. The van der Waals surface area contributed by atoms with Crippen molar-refractivity contribution in [2.24, 2.45) is 4.99 Å². The highest BCUT2D eigenvalue weighted by atomic mass is 16.7. The molecule has 2 N–H and O–H groups in total. The second kappa shape index (κ2) is 6.63. The van der Waals surface area contributed by atoms with Gasteiger partial charge in [0.15, 0.2) is 5.84 Å². The van der Waals surface area contributed by atoms with Crippen LogP contribution < -0.4 is 11.0 Å². The summed E-state index contributed by atoms with van der Waals surface area (Å²) >= 11 is 0. The number of amidine groups is 1. The van der Waals surface area contributed by atoms with E-state index in [2.05, 4.69) is 34.2 Å². The van der Waals surface area contributed by atoms with Crippen molar-refractivity contribution in [1.82, 2.24) is 15.7 Å². The molecular weight excluding hydrogens is 256 g/mol. The van der Waals surface area contributed by atoms with Gasteiger partial charge in [-0.05, 0) is 12.5 Å². The van der Waals surface area contributed by atoms with Gasteiger partial charge in [0.05, 0.1) is 0 Å². The summed E-state index contributed by atoms with van der Waals surface area (Å²) in [5.74, 6) is 0.604. The minimum absolute atomic E-state index is 0.262. The van der Waals surface area contributed by atoms with E-state index < -0.39 is 6.23 Å². The van der Waals surface area contributed by atoms with Gasteiger partial charge in [0.1, 0.15) is 5.69 Å². The zero-order chi connectivity index (χ0) is 14.4. The maximum Gasteiger partial charge on any atom is 0.264 e. The van der Waals surface area contributed by atoms with Crippen LogP contribution in [0, 0.1) is 0 Å². The number of H-pyrrole nitrogens is 1. The van der Waals surface area contributed by atoms with E-state index in [0.717, 1.165) is 12.0 Å². The van der Waals surface area contributed by atoms with Crippen molar-refractivity contribution in [1.29, 1.82) is 0 Å². The van der Waals surface area contributed by atoms with E-state index in [1.807, 2.05) is 18.2 Å². The molecule has 0 saturated heterocycles. The number of hydrogen-bond donors (Lipinski definition) is 2. The van der Waals surface area contributed by atoms with E-state index in [-0.39, 0.29) is 5.56 Å². The molecule has 0 aromatic carbocycles. The lowest BCUT2D eigenvalue weighted by molar-refractivity contribution is 0.0345. The summed E-state index contributed by atoms with van der Waals surface area (Å²) in [6, 6.07) is 2.97. The lowest BCUT2D eigenvalue weighted by Crippen LogP contribution is -2.18. The largest absolute Gasteiger partial charge is 0.268 e. The number of nitrogens with zero attached hydrogens (tertiary/aromatic N) is 2. The number of nitrogens with one attached hydrogen (secondary N) is 2. The lowest BCUT2D eigenvalue weighted by Gasteiger charge is -2.03. The molecule has 1 aromatic heterocycles. The van der Waals surface area contributed by atoms with Crippen molar-refractivity contribution in [3.63, 3.8) is 0 Å². The standard InChI is InChI=1S/C14H16N4O2/c1-3-5-7-10(6-4-2)13-15-14(20-18-13)11-8-9-12(19)17-16-11/h4-9,14H,2-3H2,1H3,(H,15,18)(H,17,19)/b7-5-,10-6+. The fraction of sp³-hybridized carbons (Fsp3) is 0.214. The van der Waals surface area contributed by atoms with Gasteiger partial charge >= 0.3 is 0 Å². The maximum atomic E-state index is 11.0. The van der Waals surface area contributed by atoms with Crippen molar-refractivity contribution in [3.05, 3.63) is 64.6 Å². The predicted octanol–water partition coefficient (Wildman–Crippen LogP) is 1.78. The Morgan fingerprint density at radius 2 is 2.40 bits per heavy atom. The molecule has 1 unspecified atom stereocenters. The molecule has 1 atom stereocenters. The van der Waals surface area contributed by atoms with E-state index in [4.69, 9.17) is 4.84 Å². The molecule has 2 rings (SSSR count). The fourth-order valence-electron chi connectivity index (χ4n) is 1.62. The molecule has 0 radical (unpaired) electrons. The number of aliphatic imine (C=N–C) groups is 1. The Kier molecular flexibility index (Phi) is 4.62. The second-order valence-electron chi connectivity index (χ2n) is 4.06. The molecule has 6 heteroatoms. The van der Waals surface area contributed by atoms with Gasteiger partial charge in [0, 0.05) is 11.6 Å². The summed E-state index contributed by atoms with van der Waals surface area (Å²) in [5, 5.41) is 6.25. The first-order chi connectivity index (χ1) is 9.74. The number of hydrogen-bond acceptors (Lipinski definition) is 5. The van der Waals surface area contributed by atoms with Gasteiger partial charge < -0.3 is 0 Å². The lowest BCUT2D eigenvalue weighted by atomic mass is 10.2. The van der Waals surface area contributed by atoms with Gasteiger partial charge in [0.2, 0.25) is 6.23 Å². The van der Waals surface area contributed by atoms with Crippen molar-refractivity contribution < 1.29 is 4.84 Å². The van der Waals surface area contributed by atoms with Gasteiger partial charge in [-0.2, -0.15) is 5.10 Å². The Hall–Kier alpha value is -2.47. The molecule has 0 amide bonds. The van der Waals surface area contributed by atoms with E-state index in [1.165, 1.54) is 6.07 Å². The summed E-state index contributed by atoms with van der Waals surface area (Å²) in [6.07, 6.45) is 7.83. The third-order valence-corrected chi connectivity index (χ3v) is 2.57. The number of hydroxylamine groups is 1. The minimum Gasteiger partial charge on any atom is -0.268 e. The molecule has 1 aromatic rings. The highest BCUT2D eigenvalue weighted by molar-refractivity contribution is 6.01. The zero-order valence-corrected chi connectivity index (χ0v) is 11.2. The highest BCUT2D eigenvalue weighted by Gasteiger charge is 2.22. The third-order valence-electron chi connectivity index (χ3n) is 2.57. The van der Waals surface area contributed by atoms with Crippen LogP contribution in [0.3, 0.4) is 0 Å². The van der Waals surface area contributed by atoms with Crippen molar-refractivity contribution in [2.75, 3.05) is 0 Å². The van der Waals surface area contributed by atoms with Crippen LogP contribution in [0.5, 0.6) is 0 Å². The Labute approximate surface area is 116 Å². The smallest absolute Gasteiger partial charge is 0.264 e. The molecule has 6 nitrogen and oxygen atoms in total. The van der Waals surface area contributed by atoms with Crippen LogP contribution in [0.4, 0.5) is 0 Å². The average molecular weight is 272 g/mol. The fourth-order valence-corrected chi connectivity index (χ4v) is 1.62. The Morgan fingerprint density at radius 3 is 3.05 bits per heavy atom. The summed E-state index contributed by atoms with van der Waals surface area (Å²) in [7, 11) is 0. The Bertz CT molecular complexity index is 608. The van der Waals surface area contributed by atoms with Crippen LogP contribution in [0.2, 0.25) is 0 Å². The topological polar surface area (TPSA) is 79.4 Å². The minimum atomic E-state index is -0.579. The van der Waals surface area contributed by atoms with Crippen LogP contribution in [0.25, 0.3) is 0 Å². The van der Waals surface area contributed by atoms with E-state index >= 15 is 0 Å². The summed E-state index contributed by atoms with van der Waals surface area (Å²) in [5.41, 5.74) is 3.90. The van der Waals surface area contributed by atoms with Crippen LogP contribution in [-0.2, 0) is 4.84 Å². The molecule has 0 spiro atoms. The SMILES string of the molecule is C=C/C=C(\C=C/CC)C1=NC(c2ccc(=O)[nH]n2)ON1. The number of allylic oxidation sites excluding steroid dienone is 3. The zero-order valence-electron chi connectivity index (χ0n) is 11.2. The van der Waals surface area contributed by atoms with E-state index in [1.54, 1.807) is 12.1 Å². The quantitative estimate of drug-likeness (QED) is 0.801. The summed E-state index contributed by atoms with van der Waals surface area (Å²) in [4.78, 5) is 20.7. The first-order valence-corrected chi connectivity index (χ1v) is 6.29. The van der Waals surface area contributed by atoms with Gasteiger partial charge in [-0.15, -0.1) is 0 Å². The third kappa shape index (κ3) is 3.30. The molecule has 104 valence electrons. The van der Waals surface area contributed by atoms with Crippen LogP contribution in [-0.4, -0.2) is 16.0 Å². The highest BCUT2D eigenvalue weighted by Crippen LogP contribution is 2.20. The van der Waals surface area contributed by atoms with E-state index in [0.29, 0.717) is 11.5 Å². The molecule has 1 aliphatic rings. The van der Waals surface area contributed by atoms with Crippen LogP contribution in [0.15, 0.2) is 58.4 Å². The van der Waals surface area contributed by atoms with Gasteiger partial charge in [-0.25, -0.2) is 20.4 Å². The molecule has 2 heterocycles. The second-order valence-corrected chi connectivity index (χ2v) is 4.06. The van der Waals surface area contributed by atoms with Crippen LogP contribution >= 0.6 is 0 Å². The van der Waals surface area contributed by atoms with Crippen LogP contribution in [0.1, 0.15) is 25.3 Å². The first-order valence-electron chi connectivity index (χ1n) is 6.29. The predicted molar refractivity (Wildman–Crippen MR) is 77.0 cm³/mol. The Morgan fingerprint density at radius 1 is 1.55 bits per heavy atom.